The van der Waals surface area contributed by atoms with Crippen molar-refractivity contribution in [1.29, 1.82) is 0 Å². The number of carbonyl (C=O) groups excluding carboxylic acids is 1. The van der Waals surface area contributed by atoms with Crippen molar-refractivity contribution in [3.05, 3.63) is 97.9 Å². The minimum atomic E-state index is -0.530. The number of hydrogen-bond donors (Lipinski definition) is 1. The summed E-state index contributed by atoms with van der Waals surface area (Å²) in [5.41, 5.74) is 2.15. The van der Waals surface area contributed by atoms with Gasteiger partial charge >= 0.3 is 0 Å². The summed E-state index contributed by atoms with van der Waals surface area (Å²) in [6.07, 6.45) is 1.66. The Morgan fingerprint density at radius 1 is 1.08 bits per heavy atom. The Balaban J connectivity index is 1.86. The zero-order valence-electron chi connectivity index (χ0n) is 14.0. The minimum Gasteiger partial charge on any atom is -0.320 e. The number of nitrogens with one attached hydrogen (secondary N) is 1. The second-order valence-electron chi connectivity index (χ2n) is 5.92. The van der Waals surface area contributed by atoms with Gasteiger partial charge in [0, 0.05) is 11.2 Å². The molecule has 0 atom stereocenters. The van der Waals surface area contributed by atoms with Gasteiger partial charge in [0.05, 0.1) is 17.3 Å². The van der Waals surface area contributed by atoms with Crippen LogP contribution in [0.3, 0.4) is 0 Å². The van der Waals surface area contributed by atoms with Crippen LogP contribution in [0.1, 0.15) is 21.5 Å². The fourth-order valence-corrected chi connectivity index (χ4v) is 2.84. The molecule has 0 spiro atoms. The van der Waals surface area contributed by atoms with Crippen molar-refractivity contribution >= 4 is 34.8 Å². The Hall–Kier alpha value is -2.56. The molecule has 0 aliphatic carbocycles. The highest BCUT2D eigenvalue weighted by atomic mass is 35.5. The molecule has 1 N–H and O–H groups in total. The fourth-order valence-electron chi connectivity index (χ4n) is 2.51. The third-order valence-electron chi connectivity index (χ3n) is 3.91. The average Bonchev–Trinajstić information content (AvgIpc) is 2.62. The maximum absolute atomic E-state index is 12.7. The van der Waals surface area contributed by atoms with Gasteiger partial charge in [-0.05, 0) is 42.8 Å². The van der Waals surface area contributed by atoms with E-state index in [2.05, 4.69) is 5.32 Å². The number of carbonyl (C=O) groups is 1. The zero-order chi connectivity index (χ0) is 18.7. The molecule has 0 unspecified atom stereocenters. The standard InChI is InChI=1S/C20H16Cl2N2O2/c1-13-4-6-14(7-5-13)12-24-10-2-3-16(20(24)26)19(25)23-18-11-15(21)8-9-17(18)22/h2-11H,12H2,1H3,(H,23,25). The number of nitrogens with zero attached hydrogens (tertiary/aromatic N) is 1. The molecule has 2 aromatic carbocycles. The number of halogens is 2. The molecule has 1 heterocycles. The van der Waals surface area contributed by atoms with E-state index in [-0.39, 0.29) is 11.1 Å². The SMILES string of the molecule is Cc1ccc(Cn2cccc(C(=O)Nc3cc(Cl)ccc3Cl)c2=O)cc1. The summed E-state index contributed by atoms with van der Waals surface area (Å²) in [6.45, 7) is 2.39. The van der Waals surface area contributed by atoms with Gasteiger partial charge in [-0.25, -0.2) is 0 Å². The van der Waals surface area contributed by atoms with E-state index in [1.54, 1.807) is 24.4 Å². The second-order valence-corrected chi connectivity index (χ2v) is 6.76. The lowest BCUT2D eigenvalue weighted by Crippen LogP contribution is -2.29. The van der Waals surface area contributed by atoms with E-state index in [0.29, 0.717) is 22.3 Å². The van der Waals surface area contributed by atoms with E-state index in [1.807, 2.05) is 31.2 Å². The molecular weight excluding hydrogens is 371 g/mol. The van der Waals surface area contributed by atoms with Gasteiger partial charge in [0.1, 0.15) is 5.56 Å². The summed E-state index contributed by atoms with van der Waals surface area (Å²) >= 11 is 12.0. The molecule has 0 saturated heterocycles. The number of amides is 1. The molecule has 132 valence electrons. The maximum atomic E-state index is 12.7. The summed E-state index contributed by atoms with van der Waals surface area (Å²) in [6, 6.07) is 15.8. The maximum Gasteiger partial charge on any atom is 0.263 e. The zero-order valence-corrected chi connectivity index (χ0v) is 15.5. The molecule has 0 aliphatic rings. The van der Waals surface area contributed by atoms with Crippen LogP contribution >= 0.6 is 23.2 Å². The van der Waals surface area contributed by atoms with Crippen molar-refractivity contribution in [2.24, 2.45) is 0 Å². The predicted molar refractivity (Wildman–Crippen MR) is 105 cm³/mol. The number of pyridine rings is 1. The second kappa shape index (κ2) is 7.77. The van der Waals surface area contributed by atoms with Gasteiger partial charge < -0.3 is 9.88 Å². The third-order valence-corrected chi connectivity index (χ3v) is 4.48. The van der Waals surface area contributed by atoms with Crippen LogP contribution in [0.4, 0.5) is 5.69 Å². The Morgan fingerprint density at radius 3 is 2.54 bits per heavy atom. The Bertz CT molecular complexity index is 1010. The van der Waals surface area contributed by atoms with Gasteiger partial charge in [-0.1, -0.05) is 53.0 Å². The first-order valence-corrected chi connectivity index (χ1v) is 8.71. The first-order chi connectivity index (χ1) is 12.4. The van der Waals surface area contributed by atoms with Gasteiger partial charge in [-0.3, -0.25) is 9.59 Å². The highest BCUT2D eigenvalue weighted by Crippen LogP contribution is 2.25. The van der Waals surface area contributed by atoms with Crippen molar-refractivity contribution < 1.29 is 4.79 Å². The highest BCUT2D eigenvalue weighted by molar-refractivity contribution is 6.35. The van der Waals surface area contributed by atoms with Crippen LogP contribution < -0.4 is 10.9 Å². The Kier molecular flexibility index (Phi) is 5.45. The van der Waals surface area contributed by atoms with Crippen LogP contribution in [0.5, 0.6) is 0 Å². The number of rotatable bonds is 4. The first kappa shape index (κ1) is 18.2. The van der Waals surface area contributed by atoms with Crippen LogP contribution in [0, 0.1) is 6.92 Å². The van der Waals surface area contributed by atoms with Crippen LogP contribution in [0.15, 0.2) is 65.6 Å². The van der Waals surface area contributed by atoms with Crippen LogP contribution in [-0.4, -0.2) is 10.5 Å². The summed E-state index contributed by atoms with van der Waals surface area (Å²) in [5, 5.41) is 3.42. The van der Waals surface area contributed by atoms with Crippen molar-refractivity contribution in [2.45, 2.75) is 13.5 Å². The van der Waals surface area contributed by atoms with Crippen molar-refractivity contribution in [3.63, 3.8) is 0 Å². The van der Waals surface area contributed by atoms with E-state index in [9.17, 15) is 9.59 Å². The molecule has 0 bridgehead atoms. The van der Waals surface area contributed by atoms with Gasteiger partial charge in [-0.2, -0.15) is 0 Å². The lowest BCUT2D eigenvalue weighted by Gasteiger charge is -2.10. The van der Waals surface area contributed by atoms with E-state index in [0.717, 1.165) is 11.1 Å². The molecule has 26 heavy (non-hydrogen) atoms. The number of aryl methyl sites for hydroxylation is 1. The Labute approximate surface area is 161 Å². The molecule has 0 aliphatic heterocycles. The fraction of sp³-hybridized carbons (Fsp3) is 0.100. The lowest BCUT2D eigenvalue weighted by atomic mass is 10.1. The number of anilines is 1. The molecule has 1 aromatic heterocycles. The van der Waals surface area contributed by atoms with Gasteiger partial charge in [0.2, 0.25) is 0 Å². The van der Waals surface area contributed by atoms with Crippen LogP contribution in [0.25, 0.3) is 0 Å². The molecule has 3 aromatic rings. The molecule has 1 amide bonds. The van der Waals surface area contributed by atoms with Crippen molar-refractivity contribution in [2.75, 3.05) is 5.32 Å². The van der Waals surface area contributed by atoms with Crippen molar-refractivity contribution in [3.8, 4) is 0 Å². The summed E-state index contributed by atoms with van der Waals surface area (Å²) in [4.78, 5) is 25.2. The average molecular weight is 387 g/mol. The monoisotopic (exact) mass is 386 g/mol. The molecule has 6 heteroatoms. The van der Waals surface area contributed by atoms with Gasteiger partial charge in [-0.15, -0.1) is 0 Å². The topological polar surface area (TPSA) is 51.1 Å². The van der Waals surface area contributed by atoms with Gasteiger partial charge in [0.15, 0.2) is 0 Å². The van der Waals surface area contributed by atoms with Gasteiger partial charge in [0.25, 0.3) is 11.5 Å². The quantitative estimate of drug-likeness (QED) is 0.702. The number of aromatic nitrogens is 1. The smallest absolute Gasteiger partial charge is 0.263 e. The summed E-state index contributed by atoms with van der Waals surface area (Å²) < 4.78 is 1.50. The molecule has 3 rings (SSSR count). The predicted octanol–water partition coefficient (Wildman–Crippen LogP) is 4.76. The van der Waals surface area contributed by atoms with E-state index < -0.39 is 5.91 Å². The Morgan fingerprint density at radius 2 is 1.81 bits per heavy atom. The molecule has 0 saturated carbocycles. The molecule has 0 radical (unpaired) electrons. The van der Waals surface area contributed by atoms with Crippen LogP contribution in [-0.2, 0) is 6.54 Å². The van der Waals surface area contributed by atoms with E-state index in [1.165, 1.54) is 16.7 Å². The van der Waals surface area contributed by atoms with Crippen molar-refractivity contribution in [1.82, 2.24) is 4.57 Å². The third kappa shape index (κ3) is 4.15. The molecule has 4 nitrogen and oxygen atoms in total. The summed E-state index contributed by atoms with van der Waals surface area (Å²) in [7, 11) is 0. The first-order valence-electron chi connectivity index (χ1n) is 7.95. The molecule has 0 fully saturated rings. The minimum absolute atomic E-state index is 0.0376. The number of benzene rings is 2. The van der Waals surface area contributed by atoms with E-state index >= 15 is 0 Å². The summed E-state index contributed by atoms with van der Waals surface area (Å²) in [5.74, 6) is -0.530. The normalized spacial score (nSPS) is 10.6. The lowest BCUT2D eigenvalue weighted by molar-refractivity contribution is 0.102. The molecular formula is C20H16Cl2N2O2. The largest absolute Gasteiger partial charge is 0.320 e. The highest BCUT2D eigenvalue weighted by Gasteiger charge is 2.14. The van der Waals surface area contributed by atoms with Crippen LogP contribution in [0.2, 0.25) is 10.0 Å². The van der Waals surface area contributed by atoms with E-state index in [4.69, 9.17) is 23.2 Å². The number of hydrogen-bond acceptors (Lipinski definition) is 2.